The van der Waals surface area contributed by atoms with Crippen LogP contribution < -0.4 is 0 Å². The average molecular weight is 157 g/mol. The van der Waals surface area contributed by atoms with E-state index in [2.05, 4.69) is 9.97 Å². The van der Waals surface area contributed by atoms with Crippen molar-refractivity contribution in [2.24, 2.45) is 0 Å². The quantitative estimate of drug-likeness (QED) is 0.653. The second kappa shape index (κ2) is 2.27. The Hall–Kier alpha value is -0.500. The second-order valence-corrected chi connectivity index (χ2v) is 2.96. The minimum Gasteiger partial charge on any atom is -0.345 e. The highest BCUT2D eigenvalue weighted by Gasteiger charge is 2.25. The lowest BCUT2D eigenvalue weighted by Gasteiger charge is -1.86. The molecule has 1 fully saturated rings. The summed E-state index contributed by atoms with van der Waals surface area (Å²) in [6.45, 7) is 0. The SMILES string of the molecule is ClCc1ncc(C2CC2)[nH]1. The molecule has 0 saturated heterocycles. The monoisotopic (exact) mass is 156 g/mol. The highest BCUT2D eigenvalue weighted by atomic mass is 35.5. The van der Waals surface area contributed by atoms with Crippen molar-refractivity contribution in [3.05, 3.63) is 17.7 Å². The van der Waals surface area contributed by atoms with Gasteiger partial charge >= 0.3 is 0 Å². The molecule has 1 saturated carbocycles. The van der Waals surface area contributed by atoms with Gasteiger partial charge in [-0.05, 0) is 12.8 Å². The van der Waals surface area contributed by atoms with Crippen LogP contribution in [0.25, 0.3) is 0 Å². The first kappa shape index (κ1) is 6.23. The van der Waals surface area contributed by atoms with Crippen LogP contribution >= 0.6 is 11.6 Å². The normalized spacial score (nSPS) is 17.7. The average Bonchev–Trinajstić information content (AvgIpc) is 2.70. The van der Waals surface area contributed by atoms with Gasteiger partial charge < -0.3 is 4.98 Å². The van der Waals surface area contributed by atoms with E-state index in [0.29, 0.717) is 5.88 Å². The summed E-state index contributed by atoms with van der Waals surface area (Å²) in [6, 6.07) is 0. The summed E-state index contributed by atoms with van der Waals surface area (Å²) in [6.07, 6.45) is 4.52. The van der Waals surface area contributed by atoms with Crippen molar-refractivity contribution in [1.29, 1.82) is 0 Å². The summed E-state index contributed by atoms with van der Waals surface area (Å²) >= 11 is 5.57. The predicted octanol–water partition coefficient (Wildman–Crippen LogP) is 2.03. The van der Waals surface area contributed by atoms with Gasteiger partial charge in [0.2, 0.25) is 0 Å². The van der Waals surface area contributed by atoms with Gasteiger partial charge in [-0.3, -0.25) is 0 Å². The molecule has 0 bridgehead atoms. The number of aromatic amines is 1. The van der Waals surface area contributed by atoms with Crippen LogP contribution in [0.1, 0.15) is 30.3 Å². The lowest BCUT2D eigenvalue weighted by Crippen LogP contribution is -1.81. The minimum atomic E-state index is 0.493. The molecule has 1 aliphatic carbocycles. The zero-order valence-electron chi connectivity index (χ0n) is 5.60. The Kier molecular flexibility index (Phi) is 1.42. The Labute approximate surface area is 64.6 Å². The van der Waals surface area contributed by atoms with Crippen molar-refractivity contribution in [1.82, 2.24) is 9.97 Å². The molecule has 1 heterocycles. The Balaban J connectivity index is 2.19. The van der Waals surface area contributed by atoms with Crippen molar-refractivity contribution in [2.75, 3.05) is 0 Å². The van der Waals surface area contributed by atoms with Gasteiger partial charge in [-0.2, -0.15) is 0 Å². The number of aromatic nitrogens is 2. The molecule has 1 aliphatic rings. The lowest BCUT2D eigenvalue weighted by molar-refractivity contribution is 1.02. The first-order valence-electron chi connectivity index (χ1n) is 3.50. The largest absolute Gasteiger partial charge is 0.345 e. The fourth-order valence-electron chi connectivity index (χ4n) is 1.05. The maximum atomic E-state index is 5.57. The van der Waals surface area contributed by atoms with Gasteiger partial charge in [-0.25, -0.2) is 4.98 Å². The molecular weight excluding hydrogens is 148 g/mol. The number of rotatable bonds is 2. The summed E-state index contributed by atoms with van der Waals surface area (Å²) in [4.78, 5) is 7.29. The van der Waals surface area contributed by atoms with Crippen LogP contribution in [0, 0.1) is 0 Å². The molecule has 0 aromatic carbocycles. The topological polar surface area (TPSA) is 28.7 Å². The van der Waals surface area contributed by atoms with Gasteiger partial charge in [0, 0.05) is 17.8 Å². The number of halogens is 1. The van der Waals surface area contributed by atoms with Crippen LogP contribution in [0.15, 0.2) is 6.20 Å². The van der Waals surface area contributed by atoms with E-state index in [1.165, 1.54) is 18.5 Å². The van der Waals surface area contributed by atoms with Gasteiger partial charge in [0.05, 0.1) is 5.88 Å². The third-order valence-corrected chi connectivity index (χ3v) is 2.05. The van der Waals surface area contributed by atoms with Crippen molar-refractivity contribution in [3.63, 3.8) is 0 Å². The molecule has 0 aliphatic heterocycles. The molecule has 2 rings (SSSR count). The van der Waals surface area contributed by atoms with Crippen LogP contribution in [0.5, 0.6) is 0 Å². The van der Waals surface area contributed by atoms with Crippen LogP contribution in [-0.4, -0.2) is 9.97 Å². The summed E-state index contributed by atoms with van der Waals surface area (Å²) in [5.74, 6) is 2.14. The summed E-state index contributed by atoms with van der Waals surface area (Å²) in [7, 11) is 0. The number of H-pyrrole nitrogens is 1. The van der Waals surface area contributed by atoms with Crippen molar-refractivity contribution in [2.45, 2.75) is 24.6 Å². The Bertz CT molecular complexity index is 227. The van der Waals surface area contributed by atoms with E-state index in [1.54, 1.807) is 0 Å². The first-order valence-corrected chi connectivity index (χ1v) is 4.03. The molecule has 1 aromatic heterocycles. The predicted molar refractivity (Wildman–Crippen MR) is 40.1 cm³/mol. The van der Waals surface area contributed by atoms with E-state index < -0.39 is 0 Å². The molecular formula is C7H9ClN2. The maximum Gasteiger partial charge on any atom is 0.121 e. The molecule has 0 radical (unpaired) electrons. The van der Waals surface area contributed by atoms with Crippen LogP contribution in [-0.2, 0) is 5.88 Å². The smallest absolute Gasteiger partial charge is 0.121 e. The van der Waals surface area contributed by atoms with Crippen molar-refractivity contribution < 1.29 is 0 Å². The van der Waals surface area contributed by atoms with Crippen LogP contribution in [0.2, 0.25) is 0 Å². The molecule has 1 N–H and O–H groups in total. The summed E-state index contributed by atoms with van der Waals surface area (Å²) < 4.78 is 0. The molecule has 54 valence electrons. The summed E-state index contributed by atoms with van der Waals surface area (Å²) in [5, 5.41) is 0. The van der Waals surface area contributed by atoms with E-state index in [4.69, 9.17) is 11.6 Å². The Morgan fingerprint density at radius 2 is 2.50 bits per heavy atom. The second-order valence-electron chi connectivity index (χ2n) is 2.69. The minimum absolute atomic E-state index is 0.493. The molecule has 10 heavy (non-hydrogen) atoms. The van der Waals surface area contributed by atoms with E-state index in [0.717, 1.165) is 11.7 Å². The van der Waals surface area contributed by atoms with E-state index in [1.807, 2.05) is 6.20 Å². The number of alkyl halides is 1. The molecule has 0 amide bonds. The number of nitrogens with one attached hydrogen (secondary N) is 1. The molecule has 0 unspecified atom stereocenters. The van der Waals surface area contributed by atoms with Crippen LogP contribution in [0.4, 0.5) is 0 Å². The van der Waals surface area contributed by atoms with Gasteiger partial charge in [-0.15, -0.1) is 11.6 Å². The van der Waals surface area contributed by atoms with Crippen LogP contribution in [0.3, 0.4) is 0 Å². The Morgan fingerprint density at radius 1 is 1.70 bits per heavy atom. The Morgan fingerprint density at radius 3 is 3.00 bits per heavy atom. The lowest BCUT2D eigenvalue weighted by atomic mass is 10.3. The standard InChI is InChI=1S/C7H9ClN2/c8-3-7-9-4-6(10-7)5-1-2-5/h4-5H,1-3H2,(H,9,10). The number of hydrogen-bond acceptors (Lipinski definition) is 1. The van der Waals surface area contributed by atoms with Crippen molar-refractivity contribution in [3.8, 4) is 0 Å². The van der Waals surface area contributed by atoms with E-state index >= 15 is 0 Å². The zero-order chi connectivity index (χ0) is 6.97. The van der Waals surface area contributed by atoms with Gasteiger partial charge in [-0.1, -0.05) is 0 Å². The maximum absolute atomic E-state index is 5.57. The van der Waals surface area contributed by atoms with E-state index in [-0.39, 0.29) is 0 Å². The van der Waals surface area contributed by atoms with Crippen molar-refractivity contribution >= 4 is 11.6 Å². The van der Waals surface area contributed by atoms with Gasteiger partial charge in [0.25, 0.3) is 0 Å². The molecule has 0 spiro atoms. The highest BCUT2D eigenvalue weighted by molar-refractivity contribution is 6.16. The number of nitrogens with zero attached hydrogens (tertiary/aromatic N) is 1. The zero-order valence-corrected chi connectivity index (χ0v) is 6.36. The van der Waals surface area contributed by atoms with Gasteiger partial charge in [0.1, 0.15) is 5.82 Å². The number of imidazole rings is 1. The molecule has 1 aromatic rings. The number of hydrogen-bond donors (Lipinski definition) is 1. The highest BCUT2D eigenvalue weighted by Crippen LogP contribution is 2.38. The summed E-state index contributed by atoms with van der Waals surface area (Å²) in [5.41, 5.74) is 1.26. The first-order chi connectivity index (χ1) is 4.90. The van der Waals surface area contributed by atoms with Gasteiger partial charge in [0.15, 0.2) is 0 Å². The van der Waals surface area contributed by atoms with E-state index in [9.17, 15) is 0 Å². The third-order valence-electron chi connectivity index (χ3n) is 1.79. The molecule has 3 heteroatoms. The fraction of sp³-hybridized carbons (Fsp3) is 0.571. The molecule has 2 nitrogen and oxygen atoms in total. The fourth-order valence-corrected chi connectivity index (χ4v) is 1.18. The third kappa shape index (κ3) is 1.03. The molecule has 0 atom stereocenters.